The van der Waals surface area contributed by atoms with E-state index in [1.807, 2.05) is 4.72 Å². The summed E-state index contributed by atoms with van der Waals surface area (Å²) in [5.41, 5.74) is 0. The van der Waals surface area contributed by atoms with Crippen molar-refractivity contribution in [1.82, 2.24) is 14.7 Å². The molecule has 1 heterocycles. The van der Waals surface area contributed by atoms with Crippen LogP contribution in [0.4, 0.5) is 0 Å². The number of aromatic amines is 1. The molecule has 0 aliphatic heterocycles. The van der Waals surface area contributed by atoms with E-state index >= 15 is 0 Å². The lowest BCUT2D eigenvalue weighted by molar-refractivity contribution is -0.157. The molecule has 0 spiro atoms. The average molecular weight is 305 g/mol. The number of nitrogens with zero attached hydrogens (tertiary/aromatic N) is 1. The van der Waals surface area contributed by atoms with Gasteiger partial charge in [-0.05, 0) is 13.8 Å². The van der Waals surface area contributed by atoms with Crippen molar-refractivity contribution in [2.45, 2.75) is 24.9 Å². The van der Waals surface area contributed by atoms with Crippen molar-refractivity contribution in [3.05, 3.63) is 12.5 Å². The molecule has 112 valence electrons. The Morgan fingerprint density at radius 3 is 2.25 bits per heavy atom. The lowest BCUT2D eigenvalue weighted by atomic mass is 10.3. The van der Waals surface area contributed by atoms with Crippen molar-refractivity contribution in [1.29, 1.82) is 0 Å². The molecule has 1 aromatic rings. The van der Waals surface area contributed by atoms with Crippen LogP contribution in [0.1, 0.15) is 13.8 Å². The van der Waals surface area contributed by atoms with Gasteiger partial charge in [0.15, 0.2) is 5.03 Å². The molecule has 2 N–H and O–H groups in total. The van der Waals surface area contributed by atoms with Crippen molar-refractivity contribution in [2.75, 3.05) is 13.2 Å². The van der Waals surface area contributed by atoms with Crippen molar-refractivity contribution in [3.63, 3.8) is 0 Å². The van der Waals surface area contributed by atoms with Crippen LogP contribution in [0.3, 0.4) is 0 Å². The molecule has 0 amide bonds. The Morgan fingerprint density at radius 1 is 1.30 bits per heavy atom. The third kappa shape index (κ3) is 4.03. The van der Waals surface area contributed by atoms with Crippen LogP contribution in [-0.2, 0) is 29.1 Å². The molecule has 0 atom stereocenters. The van der Waals surface area contributed by atoms with E-state index in [0.717, 1.165) is 12.5 Å². The number of carbonyl (C=O) groups excluding carboxylic acids is 2. The lowest BCUT2D eigenvalue weighted by Gasteiger charge is -2.15. The van der Waals surface area contributed by atoms with Crippen molar-refractivity contribution < 1.29 is 27.5 Å². The SMILES string of the molecule is CCOC(=O)C(NS(=O)(=O)c1cnc[nH]1)C(=O)OCC. The van der Waals surface area contributed by atoms with Gasteiger partial charge in [-0.3, -0.25) is 0 Å². The number of nitrogens with one attached hydrogen (secondary N) is 2. The highest BCUT2D eigenvalue weighted by molar-refractivity contribution is 7.89. The summed E-state index contributed by atoms with van der Waals surface area (Å²) in [6, 6.07) is -1.76. The van der Waals surface area contributed by atoms with E-state index < -0.39 is 28.0 Å². The third-order valence-corrected chi connectivity index (χ3v) is 3.43. The fourth-order valence-electron chi connectivity index (χ4n) is 1.25. The molecule has 0 bridgehead atoms. The molecule has 10 heteroatoms. The Bertz CT molecular complexity index is 536. The number of ether oxygens (including phenoxy) is 2. The maximum atomic E-state index is 11.9. The van der Waals surface area contributed by atoms with Gasteiger partial charge in [0.2, 0.25) is 6.04 Å². The highest BCUT2D eigenvalue weighted by Gasteiger charge is 2.34. The summed E-state index contributed by atoms with van der Waals surface area (Å²) in [4.78, 5) is 29.2. The lowest BCUT2D eigenvalue weighted by Crippen LogP contribution is -2.48. The summed E-state index contributed by atoms with van der Waals surface area (Å²) in [5.74, 6) is -2.07. The van der Waals surface area contributed by atoms with Crippen LogP contribution in [0.2, 0.25) is 0 Å². The van der Waals surface area contributed by atoms with E-state index in [1.165, 1.54) is 13.8 Å². The molecular formula is C10H15N3O6S. The van der Waals surface area contributed by atoms with Crippen LogP contribution in [-0.4, -0.2) is 49.6 Å². The van der Waals surface area contributed by atoms with Crippen LogP contribution in [0, 0.1) is 0 Å². The first-order valence-electron chi connectivity index (χ1n) is 5.76. The van der Waals surface area contributed by atoms with E-state index in [2.05, 4.69) is 19.4 Å². The molecule has 0 saturated carbocycles. The van der Waals surface area contributed by atoms with E-state index in [0.29, 0.717) is 0 Å². The number of aromatic nitrogens is 2. The van der Waals surface area contributed by atoms with Crippen molar-refractivity contribution in [3.8, 4) is 0 Å². The Labute approximate surface area is 115 Å². The van der Waals surface area contributed by atoms with Crippen molar-refractivity contribution in [2.24, 2.45) is 0 Å². The first kappa shape index (κ1) is 16.1. The Morgan fingerprint density at radius 2 is 1.85 bits per heavy atom. The summed E-state index contributed by atoms with van der Waals surface area (Å²) in [6.45, 7) is 3.06. The zero-order chi connectivity index (χ0) is 15.2. The number of carbonyl (C=O) groups is 2. The molecule has 0 aromatic carbocycles. The number of imidazole rings is 1. The Balaban J connectivity index is 2.95. The average Bonchev–Trinajstić information content (AvgIpc) is 2.91. The van der Waals surface area contributed by atoms with E-state index in [9.17, 15) is 18.0 Å². The number of sulfonamides is 1. The quantitative estimate of drug-likeness (QED) is 0.497. The first-order valence-corrected chi connectivity index (χ1v) is 7.24. The predicted molar refractivity (Wildman–Crippen MR) is 66.0 cm³/mol. The Kier molecular flexibility index (Phi) is 5.65. The topological polar surface area (TPSA) is 127 Å². The van der Waals surface area contributed by atoms with Crippen LogP contribution in [0.5, 0.6) is 0 Å². The summed E-state index contributed by atoms with van der Waals surface area (Å²) < 4.78 is 35.0. The second-order valence-electron chi connectivity index (χ2n) is 3.47. The molecule has 0 fully saturated rings. The number of esters is 2. The zero-order valence-corrected chi connectivity index (χ0v) is 11.8. The molecule has 1 rings (SSSR count). The standard InChI is InChI=1S/C10H15N3O6S/c1-3-18-9(14)8(10(15)19-4-2)13-20(16,17)7-5-11-6-12-7/h5-6,8,13H,3-4H2,1-2H3,(H,11,12). The summed E-state index contributed by atoms with van der Waals surface area (Å²) in [7, 11) is -4.11. The first-order chi connectivity index (χ1) is 9.42. The number of rotatable bonds is 7. The van der Waals surface area contributed by atoms with Gasteiger partial charge < -0.3 is 14.5 Å². The molecule has 0 unspecified atom stereocenters. The van der Waals surface area contributed by atoms with Gasteiger partial charge in [-0.2, -0.15) is 4.72 Å². The van der Waals surface area contributed by atoms with E-state index in [1.54, 1.807) is 0 Å². The normalized spacial score (nSPS) is 11.3. The highest BCUT2D eigenvalue weighted by Crippen LogP contribution is 2.05. The number of hydrogen-bond donors (Lipinski definition) is 2. The van der Waals surface area contributed by atoms with E-state index in [4.69, 9.17) is 0 Å². The molecular weight excluding hydrogens is 290 g/mol. The van der Waals surface area contributed by atoms with E-state index in [-0.39, 0.29) is 18.2 Å². The van der Waals surface area contributed by atoms with Gasteiger partial charge in [0.1, 0.15) is 0 Å². The van der Waals surface area contributed by atoms with Gasteiger partial charge in [0.05, 0.1) is 25.7 Å². The largest absolute Gasteiger partial charge is 0.464 e. The molecule has 0 radical (unpaired) electrons. The second-order valence-corrected chi connectivity index (χ2v) is 5.16. The maximum Gasteiger partial charge on any atom is 0.335 e. The van der Waals surface area contributed by atoms with Gasteiger partial charge in [-0.1, -0.05) is 0 Å². The van der Waals surface area contributed by atoms with Crippen LogP contribution in [0.25, 0.3) is 0 Å². The number of H-pyrrole nitrogens is 1. The minimum atomic E-state index is -4.11. The van der Waals surface area contributed by atoms with Gasteiger partial charge in [0, 0.05) is 0 Å². The Hall–Kier alpha value is -1.94. The minimum absolute atomic E-state index is 0.000519. The van der Waals surface area contributed by atoms with Gasteiger partial charge in [-0.15, -0.1) is 0 Å². The fourth-order valence-corrected chi connectivity index (χ4v) is 2.29. The second kappa shape index (κ2) is 7.01. The van der Waals surface area contributed by atoms with Gasteiger partial charge in [-0.25, -0.2) is 23.0 Å². The van der Waals surface area contributed by atoms with Crippen molar-refractivity contribution >= 4 is 22.0 Å². The summed E-state index contributed by atoms with van der Waals surface area (Å²) in [5, 5.41) is -0.281. The van der Waals surface area contributed by atoms with Gasteiger partial charge >= 0.3 is 11.9 Å². The number of hydrogen-bond acceptors (Lipinski definition) is 7. The predicted octanol–water partition coefficient (Wildman–Crippen LogP) is -0.817. The monoisotopic (exact) mass is 305 g/mol. The zero-order valence-electron chi connectivity index (χ0n) is 11.0. The summed E-state index contributed by atoms with van der Waals surface area (Å²) >= 11 is 0. The molecule has 0 aliphatic carbocycles. The van der Waals surface area contributed by atoms with Crippen LogP contribution >= 0.6 is 0 Å². The van der Waals surface area contributed by atoms with Crippen LogP contribution < -0.4 is 4.72 Å². The maximum absolute atomic E-state index is 11.9. The van der Waals surface area contributed by atoms with Gasteiger partial charge in [0.25, 0.3) is 10.0 Å². The summed E-state index contributed by atoms with van der Waals surface area (Å²) in [6.07, 6.45) is 2.19. The molecule has 1 aromatic heterocycles. The third-order valence-electron chi connectivity index (χ3n) is 2.08. The minimum Gasteiger partial charge on any atom is -0.464 e. The van der Waals surface area contributed by atoms with Crippen LogP contribution in [0.15, 0.2) is 17.6 Å². The smallest absolute Gasteiger partial charge is 0.335 e. The highest BCUT2D eigenvalue weighted by atomic mass is 32.2. The molecule has 20 heavy (non-hydrogen) atoms. The molecule has 0 saturated heterocycles. The fraction of sp³-hybridized carbons (Fsp3) is 0.500. The molecule has 9 nitrogen and oxygen atoms in total. The molecule has 0 aliphatic rings.